The van der Waals surface area contributed by atoms with E-state index in [2.05, 4.69) is 21.3 Å². The largest absolute Gasteiger partial charge is 0.493 e. The summed E-state index contributed by atoms with van der Waals surface area (Å²) in [5.41, 5.74) is 6.48. The number of aryl methyl sites for hydroxylation is 2. The number of methoxy groups -OCH3 is 6. The third kappa shape index (κ3) is 8.97. The SMILES string of the molecule is COc1cc2c(c(OC)c1OC)-c1ccc(SC)c(=O)cc1[C@@H](NC(=O)Nc1cccc(NC(=O)N[C@H]3CCc4cc(OC)c(OC)c(OC)c4-c4ccc(SC)c(=O)cc43)c1)CC2. The maximum Gasteiger partial charge on any atom is 0.319 e. The van der Waals surface area contributed by atoms with E-state index < -0.39 is 24.1 Å². The molecule has 0 heterocycles. The summed E-state index contributed by atoms with van der Waals surface area (Å²) >= 11 is 2.68. The van der Waals surface area contributed by atoms with E-state index >= 15 is 0 Å². The standard InChI is InChI=1S/C48H50N4O10S2/c1-57-37-20-25-12-16-33(31-23-35(53)39(63-7)18-14-29(31)41(25)45(61-5)43(37)59-3)51-47(55)49-27-10-9-11-28(22-27)50-48(56)52-34-17-13-26-21-38(58-2)44(60-4)46(62-6)42(26)30-15-19-40(64-8)36(54)24-32(30)34/h9-11,14-15,18-24,33-34H,12-13,16-17H2,1-8H3,(H2,49,51,55)(H2,50,52,56)/t33-,34-/m0/s1. The first-order valence-corrected chi connectivity index (χ1v) is 22.8. The monoisotopic (exact) mass is 906 g/mol. The maximum absolute atomic E-state index is 13.8. The molecule has 7 rings (SSSR count). The molecule has 5 aromatic rings. The fraction of sp³-hybridized carbons (Fsp3) is 0.292. The normalized spacial score (nSPS) is 14.7. The summed E-state index contributed by atoms with van der Waals surface area (Å²) in [7, 11) is 9.31. The van der Waals surface area contributed by atoms with Gasteiger partial charge in [0, 0.05) is 22.5 Å². The van der Waals surface area contributed by atoms with E-state index in [0.717, 1.165) is 22.3 Å². The predicted octanol–water partition coefficient (Wildman–Crippen LogP) is 8.85. The van der Waals surface area contributed by atoms with Gasteiger partial charge in [-0.05, 0) is 126 Å². The average Bonchev–Trinajstić information content (AvgIpc) is 3.69. The third-order valence-electron chi connectivity index (χ3n) is 11.4. The highest BCUT2D eigenvalue weighted by molar-refractivity contribution is 7.98. The molecule has 14 nitrogen and oxygen atoms in total. The molecular weight excluding hydrogens is 857 g/mol. The van der Waals surface area contributed by atoms with E-state index in [-0.39, 0.29) is 10.9 Å². The van der Waals surface area contributed by atoms with Gasteiger partial charge in [-0.25, -0.2) is 9.59 Å². The van der Waals surface area contributed by atoms with Crippen LogP contribution in [-0.2, 0) is 12.8 Å². The van der Waals surface area contributed by atoms with E-state index in [4.69, 9.17) is 28.4 Å². The molecular formula is C48H50N4O10S2. The zero-order chi connectivity index (χ0) is 45.7. The summed E-state index contributed by atoms with van der Waals surface area (Å²) in [5, 5.41) is 12.0. The van der Waals surface area contributed by atoms with Crippen LogP contribution in [0.15, 0.2) is 92.2 Å². The number of thioether (sulfide) groups is 2. The van der Waals surface area contributed by atoms with E-state index in [0.29, 0.717) is 104 Å². The fourth-order valence-electron chi connectivity index (χ4n) is 8.56. The molecule has 0 saturated heterocycles. The quantitative estimate of drug-likeness (QED) is 0.0879. The second-order valence-electron chi connectivity index (χ2n) is 14.9. The average molecular weight is 907 g/mol. The Morgan fingerprint density at radius 3 is 1.30 bits per heavy atom. The number of nitrogens with one attached hydrogen (secondary N) is 4. The van der Waals surface area contributed by atoms with Crippen LogP contribution in [0.2, 0.25) is 0 Å². The van der Waals surface area contributed by atoms with Crippen molar-refractivity contribution in [1.82, 2.24) is 10.6 Å². The Balaban J connectivity index is 1.13. The number of carbonyl (C=O) groups excluding carboxylic acids is 2. The lowest BCUT2D eigenvalue weighted by Crippen LogP contribution is -2.33. The number of amides is 4. The highest BCUT2D eigenvalue weighted by Crippen LogP contribution is 2.52. The van der Waals surface area contributed by atoms with Crippen molar-refractivity contribution in [3.8, 4) is 56.8 Å². The number of ether oxygens (including phenoxy) is 6. The van der Waals surface area contributed by atoms with Crippen LogP contribution in [-0.4, -0.2) is 67.2 Å². The lowest BCUT2D eigenvalue weighted by molar-refractivity contribution is 0.247. The number of anilines is 2. The molecule has 0 aliphatic heterocycles. The van der Waals surface area contributed by atoms with Crippen LogP contribution in [0.25, 0.3) is 22.3 Å². The first-order valence-electron chi connectivity index (χ1n) is 20.3. The van der Waals surface area contributed by atoms with Gasteiger partial charge in [0.25, 0.3) is 0 Å². The first kappa shape index (κ1) is 45.5. The van der Waals surface area contributed by atoms with Crippen LogP contribution in [0.5, 0.6) is 34.5 Å². The summed E-state index contributed by atoms with van der Waals surface area (Å²) in [6, 6.07) is 18.9. The summed E-state index contributed by atoms with van der Waals surface area (Å²) in [4.78, 5) is 55.7. The van der Waals surface area contributed by atoms with E-state index in [1.54, 1.807) is 77.0 Å². The minimum atomic E-state index is -0.579. The molecule has 334 valence electrons. The Labute approximate surface area is 379 Å². The van der Waals surface area contributed by atoms with Gasteiger partial charge in [0.1, 0.15) is 0 Å². The van der Waals surface area contributed by atoms with Crippen molar-refractivity contribution in [2.75, 3.05) is 65.8 Å². The molecule has 5 aromatic carbocycles. The first-order chi connectivity index (χ1) is 31.0. The number of hydrogen-bond acceptors (Lipinski definition) is 12. The van der Waals surface area contributed by atoms with Gasteiger partial charge in [0.2, 0.25) is 11.5 Å². The zero-order valence-corrected chi connectivity index (χ0v) is 38.4. The molecule has 2 aliphatic rings. The molecule has 0 radical (unpaired) electrons. The van der Waals surface area contributed by atoms with Gasteiger partial charge in [-0.1, -0.05) is 18.2 Å². The number of hydrogen-bond donors (Lipinski definition) is 4. The van der Waals surface area contributed by atoms with Crippen molar-refractivity contribution < 1.29 is 38.0 Å². The van der Waals surface area contributed by atoms with Gasteiger partial charge in [0.15, 0.2) is 33.9 Å². The third-order valence-corrected chi connectivity index (χ3v) is 13.0. The number of urea groups is 2. The molecule has 0 saturated carbocycles. The topological polar surface area (TPSA) is 172 Å². The van der Waals surface area contributed by atoms with Crippen LogP contribution in [0, 0.1) is 0 Å². The molecule has 0 bridgehead atoms. The molecule has 4 N–H and O–H groups in total. The highest BCUT2D eigenvalue weighted by Gasteiger charge is 2.32. The van der Waals surface area contributed by atoms with Crippen molar-refractivity contribution in [3.63, 3.8) is 0 Å². The van der Waals surface area contributed by atoms with E-state index in [9.17, 15) is 19.2 Å². The molecule has 2 aliphatic carbocycles. The number of rotatable bonds is 12. The van der Waals surface area contributed by atoms with Crippen molar-refractivity contribution >= 4 is 47.0 Å². The van der Waals surface area contributed by atoms with Gasteiger partial charge in [0.05, 0.1) is 64.5 Å². The summed E-state index contributed by atoms with van der Waals surface area (Å²) < 4.78 is 34.6. The van der Waals surface area contributed by atoms with Crippen LogP contribution in [0.3, 0.4) is 0 Å². The van der Waals surface area contributed by atoms with Crippen molar-refractivity contribution in [2.24, 2.45) is 0 Å². The summed E-state index contributed by atoms with van der Waals surface area (Å²) in [6.07, 6.45) is 5.64. The summed E-state index contributed by atoms with van der Waals surface area (Å²) in [5.74, 6) is 2.77. The van der Waals surface area contributed by atoms with Gasteiger partial charge in [-0.3, -0.25) is 9.59 Å². The number of benzene rings is 3. The maximum atomic E-state index is 13.8. The van der Waals surface area contributed by atoms with Gasteiger partial charge in [-0.2, -0.15) is 0 Å². The molecule has 0 spiro atoms. The molecule has 0 unspecified atom stereocenters. The van der Waals surface area contributed by atoms with Gasteiger partial charge < -0.3 is 49.7 Å². The molecule has 2 atom stereocenters. The van der Waals surface area contributed by atoms with E-state index in [1.807, 2.05) is 36.8 Å². The second kappa shape index (κ2) is 19.9. The van der Waals surface area contributed by atoms with Crippen LogP contribution in [0.1, 0.15) is 47.2 Å². The molecule has 16 heteroatoms. The minimum Gasteiger partial charge on any atom is -0.493 e. The smallest absolute Gasteiger partial charge is 0.319 e. The van der Waals surface area contributed by atoms with Crippen LogP contribution < -0.4 is 60.5 Å². The Kier molecular flexibility index (Phi) is 14.1. The molecule has 4 amide bonds. The van der Waals surface area contributed by atoms with Crippen LogP contribution in [0.4, 0.5) is 21.0 Å². The lowest BCUT2D eigenvalue weighted by atomic mass is 9.95. The lowest BCUT2D eigenvalue weighted by Gasteiger charge is -2.20. The fourth-order valence-corrected chi connectivity index (χ4v) is 9.49. The Morgan fingerprint density at radius 2 is 0.938 bits per heavy atom. The molecule has 0 aromatic heterocycles. The van der Waals surface area contributed by atoms with Gasteiger partial charge >= 0.3 is 12.1 Å². The van der Waals surface area contributed by atoms with Crippen molar-refractivity contribution in [1.29, 1.82) is 0 Å². The second-order valence-corrected chi connectivity index (χ2v) is 16.6. The zero-order valence-electron chi connectivity index (χ0n) is 36.8. The number of fused-ring (bicyclic) bond motifs is 6. The highest BCUT2D eigenvalue weighted by atomic mass is 32.2. The van der Waals surface area contributed by atoms with Gasteiger partial charge in [-0.15, -0.1) is 23.5 Å². The molecule has 0 fully saturated rings. The Bertz CT molecular complexity index is 2570. The Hall–Kier alpha value is -6.52. The minimum absolute atomic E-state index is 0.176. The van der Waals surface area contributed by atoms with Crippen LogP contribution >= 0.6 is 23.5 Å². The molecule has 64 heavy (non-hydrogen) atoms. The van der Waals surface area contributed by atoms with E-state index in [1.165, 1.54) is 37.7 Å². The number of carbonyl (C=O) groups is 2. The van der Waals surface area contributed by atoms with Crippen molar-refractivity contribution in [3.05, 3.63) is 115 Å². The predicted molar refractivity (Wildman–Crippen MR) is 252 cm³/mol. The van der Waals surface area contributed by atoms with Crippen molar-refractivity contribution in [2.45, 2.75) is 47.6 Å². The summed E-state index contributed by atoms with van der Waals surface area (Å²) in [6.45, 7) is 0. The Morgan fingerprint density at radius 1 is 0.531 bits per heavy atom.